The lowest BCUT2D eigenvalue weighted by atomic mass is 9.91. The topological polar surface area (TPSA) is 0 Å². The summed E-state index contributed by atoms with van der Waals surface area (Å²) in [6, 6.07) is 0. The third kappa shape index (κ3) is 9.56. The first-order valence-electron chi connectivity index (χ1n) is 6.97. The number of thiol groups is 7. The molecule has 5 unspecified atom stereocenters. The van der Waals surface area contributed by atoms with Gasteiger partial charge in [-0.15, -0.1) is 0 Å². The molecule has 0 fully saturated rings. The van der Waals surface area contributed by atoms with Gasteiger partial charge in [0.05, 0.1) is 0 Å². The molecule has 5 atom stereocenters. The van der Waals surface area contributed by atoms with Gasteiger partial charge in [0.2, 0.25) is 0 Å². The lowest BCUT2D eigenvalue weighted by molar-refractivity contribution is 0.422. The van der Waals surface area contributed by atoms with Crippen LogP contribution < -0.4 is 0 Å². The molecule has 0 bridgehead atoms. The van der Waals surface area contributed by atoms with Crippen LogP contribution in [0.25, 0.3) is 0 Å². The molecular weight excluding hydrogens is 381 g/mol. The minimum atomic E-state index is 0.328. The highest BCUT2D eigenvalue weighted by atomic mass is 32.1. The van der Waals surface area contributed by atoms with Gasteiger partial charge in [-0.1, -0.05) is 0 Å². The van der Waals surface area contributed by atoms with Crippen LogP contribution in [0, 0.1) is 11.8 Å². The molecule has 7 heteroatoms. The first kappa shape index (κ1) is 22.4. The van der Waals surface area contributed by atoms with Gasteiger partial charge in [0.1, 0.15) is 0 Å². The van der Waals surface area contributed by atoms with Gasteiger partial charge >= 0.3 is 0 Å². The minimum absolute atomic E-state index is 0.328. The van der Waals surface area contributed by atoms with E-state index in [-0.39, 0.29) is 0 Å². The number of hydrogen-bond acceptors (Lipinski definition) is 7. The smallest absolute Gasteiger partial charge is 0.00610 e. The van der Waals surface area contributed by atoms with Crippen LogP contribution in [0.4, 0.5) is 0 Å². The fraction of sp³-hybridized carbons (Fsp3) is 1.00. The van der Waals surface area contributed by atoms with Crippen LogP contribution in [0.15, 0.2) is 0 Å². The fourth-order valence-corrected chi connectivity index (χ4v) is 5.58. The van der Waals surface area contributed by atoms with Crippen molar-refractivity contribution in [2.24, 2.45) is 11.8 Å². The van der Waals surface area contributed by atoms with Crippen LogP contribution in [0.3, 0.4) is 0 Å². The molecule has 20 heavy (non-hydrogen) atoms. The van der Waals surface area contributed by atoms with Crippen LogP contribution in [0.5, 0.6) is 0 Å². The third-order valence-corrected chi connectivity index (χ3v) is 6.80. The summed E-state index contributed by atoms with van der Waals surface area (Å²) >= 11 is 31.6. The van der Waals surface area contributed by atoms with Crippen molar-refractivity contribution in [3.63, 3.8) is 0 Å². The van der Waals surface area contributed by atoms with Crippen molar-refractivity contribution in [1.82, 2.24) is 0 Å². The van der Waals surface area contributed by atoms with E-state index in [9.17, 15) is 0 Å². The lowest BCUT2D eigenvalue weighted by Crippen LogP contribution is -2.28. The van der Waals surface area contributed by atoms with E-state index in [1.54, 1.807) is 0 Å². The first-order chi connectivity index (χ1) is 9.49. The zero-order valence-corrected chi connectivity index (χ0v) is 17.9. The molecular formula is C13H28S7. The molecule has 0 N–H and O–H groups in total. The highest BCUT2D eigenvalue weighted by Crippen LogP contribution is 2.30. The van der Waals surface area contributed by atoms with E-state index in [1.807, 2.05) is 0 Å². The summed E-state index contributed by atoms with van der Waals surface area (Å²) in [5, 5.41) is 1.07. The average Bonchev–Trinajstić information content (AvgIpc) is 2.42. The predicted octanol–water partition coefficient (Wildman–Crippen LogP) is 4.39. The molecule has 0 aromatic heterocycles. The third-order valence-electron chi connectivity index (χ3n) is 3.56. The SMILES string of the molecule is SCCC(S)CC(CS)C(S)CC(CS)C(S)CCS. The molecule has 0 heterocycles. The van der Waals surface area contributed by atoms with Gasteiger partial charge in [-0.05, 0) is 60.5 Å². The van der Waals surface area contributed by atoms with E-state index in [2.05, 4.69) is 75.8 Å². The second-order valence-electron chi connectivity index (χ2n) is 5.17. The minimum Gasteiger partial charge on any atom is -0.179 e. The van der Waals surface area contributed by atoms with Crippen molar-refractivity contribution in [3.05, 3.63) is 0 Å². The largest absolute Gasteiger partial charge is 0.179 e. The zero-order chi connectivity index (χ0) is 15.5. The molecule has 0 aliphatic heterocycles. The monoisotopic (exact) mass is 408 g/mol. The summed E-state index contributed by atoms with van der Waals surface area (Å²) in [4.78, 5) is 0. The Labute approximate surface area is 163 Å². The lowest BCUT2D eigenvalue weighted by Gasteiger charge is -2.29. The van der Waals surface area contributed by atoms with Crippen LogP contribution in [0.1, 0.15) is 25.7 Å². The Morgan fingerprint density at radius 3 is 1.55 bits per heavy atom. The highest BCUT2D eigenvalue weighted by Gasteiger charge is 2.25. The van der Waals surface area contributed by atoms with Gasteiger partial charge in [-0.25, -0.2) is 0 Å². The van der Waals surface area contributed by atoms with Crippen molar-refractivity contribution < 1.29 is 0 Å². The Balaban J connectivity index is 4.39. The van der Waals surface area contributed by atoms with E-state index in [0.717, 1.165) is 48.7 Å². The maximum atomic E-state index is 4.81. The van der Waals surface area contributed by atoms with Crippen LogP contribution in [0.2, 0.25) is 0 Å². The van der Waals surface area contributed by atoms with E-state index < -0.39 is 0 Å². The van der Waals surface area contributed by atoms with Crippen LogP contribution in [-0.2, 0) is 0 Å². The van der Waals surface area contributed by atoms with Gasteiger partial charge in [0, 0.05) is 15.7 Å². The van der Waals surface area contributed by atoms with Crippen molar-refractivity contribution in [2.45, 2.75) is 41.4 Å². The second-order valence-corrected chi connectivity index (χ2v) is 8.85. The molecule has 0 radical (unpaired) electrons. The van der Waals surface area contributed by atoms with E-state index in [0.29, 0.717) is 27.6 Å². The summed E-state index contributed by atoms with van der Waals surface area (Å²) in [5.74, 6) is 4.39. The maximum Gasteiger partial charge on any atom is 0.00610 e. The van der Waals surface area contributed by atoms with Gasteiger partial charge in [0.15, 0.2) is 0 Å². The zero-order valence-electron chi connectivity index (χ0n) is 11.7. The Hall–Kier alpha value is 2.45. The Bertz CT molecular complexity index is 227. The predicted molar refractivity (Wildman–Crippen MR) is 119 cm³/mol. The number of rotatable bonds is 12. The normalized spacial score (nSPS) is 19.4. The van der Waals surface area contributed by atoms with Crippen molar-refractivity contribution in [2.75, 3.05) is 23.0 Å². The molecule has 0 aliphatic rings. The van der Waals surface area contributed by atoms with Gasteiger partial charge in [-0.2, -0.15) is 88.4 Å². The van der Waals surface area contributed by atoms with Crippen molar-refractivity contribution in [1.29, 1.82) is 0 Å². The van der Waals surface area contributed by atoms with Gasteiger partial charge in [0.25, 0.3) is 0 Å². The molecule has 0 amide bonds. The molecule has 0 nitrogen and oxygen atoms in total. The molecule has 0 saturated carbocycles. The summed E-state index contributed by atoms with van der Waals surface area (Å²) in [5.41, 5.74) is 0. The molecule has 0 aromatic rings. The molecule has 0 spiro atoms. The summed E-state index contributed by atoms with van der Waals surface area (Å²) in [6.07, 6.45) is 4.12. The molecule has 0 aromatic carbocycles. The number of hydrogen-bond donors (Lipinski definition) is 7. The van der Waals surface area contributed by atoms with Crippen molar-refractivity contribution >= 4 is 88.4 Å². The first-order valence-corrected chi connectivity index (χ1v) is 11.1. The second kappa shape index (κ2) is 13.8. The van der Waals surface area contributed by atoms with Gasteiger partial charge < -0.3 is 0 Å². The van der Waals surface area contributed by atoms with Crippen LogP contribution >= 0.6 is 88.4 Å². The van der Waals surface area contributed by atoms with Gasteiger partial charge in [-0.3, -0.25) is 0 Å². The fourth-order valence-electron chi connectivity index (χ4n) is 2.19. The molecule has 0 saturated heterocycles. The van der Waals surface area contributed by atoms with Crippen molar-refractivity contribution in [3.8, 4) is 0 Å². The molecule has 0 rings (SSSR count). The molecule has 0 aliphatic carbocycles. The standard InChI is InChI=1S/C13H28S7/c14-3-1-11(18)5-9(7-16)13(20)6-10(8-17)12(19)2-4-15/h9-20H,1-8H2. The summed E-state index contributed by atoms with van der Waals surface area (Å²) < 4.78 is 0. The maximum absolute atomic E-state index is 4.81. The Kier molecular flexibility index (Phi) is 15.5. The average molecular weight is 409 g/mol. The summed E-state index contributed by atoms with van der Waals surface area (Å²) in [6.45, 7) is 0. The quantitative estimate of drug-likeness (QED) is 0.229. The van der Waals surface area contributed by atoms with E-state index >= 15 is 0 Å². The van der Waals surface area contributed by atoms with E-state index in [4.69, 9.17) is 12.6 Å². The Morgan fingerprint density at radius 2 is 1.10 bits per heavy atom. The van der Waals surface area contributed by atoms with E-state index in [1.165, 1.54) is 0 Å². The molecule has 122 valence electrons. The highest BCUT2D eigenvalue weighted by molar-refractivity contribution is 7.82. The van der Waals surface area contributed by atoms with Crippen LogP contribution in [-0.4, -0.2) is 38.8 Å². The summed E-state index contributed by atoms with van der Waals surface area (Å²) in [7, 11) is 0. The Morgan fingerprint density at radius 1 is 0.600 bits per heavy atom.